The number of alkyl halides is 3. The van der Waals surface area contributed by atoms with Gasteiger partial charge in [0.1, 0.15) is 12.1 Å². The molecule has 2 atom stereocenters. The van der Waals surface area contributed by atoms with Crippen LogP contribution in [-0.4, -0.2) is 39.3 Å². The molecule has 4 rings (SSSR count). The largest absolute Gasteiger partial charge is 0.461 e. The van der Waals surface area contributed by atoms with Crippen LogP contribution in [0.25, 0.3) is 10.9 Å². The molecule has 0 spiro atoms. The molecule has 0 N–H and O–H groups in total. The topological polar surface area (TPSA) is 49.2 Å². The van der Waals surface area contributed by atoms with E-state index in [1.807, 2.05) is 27.7 Å². The molecule has 1 aliphatic heterocycles. The summed E-state index contributed by atoms with van der Waals surface area (Å²) in [6, 6.07) is 0. The standard InChI is InChI=1S/C17H20BF4N3O2/c1-15(2)16(3,4)27-18(26-15)11-5-10(11)13-12(19)14-9(6-23-13)7-24-25(14)8-17(20,21)22/h6-7,10-11H,5,8H2,1-4H3/t10-,11?/m0/s1. The summed E-state index contributed by atoms with van der Waals surface area (Å²) >= 11 is 0. The highest BCUT2D eigenvalue weighted by atomic mass is 19.4. The Morgan fingerprint density at radius 2 is 1.81 bits per heavy atom. The maximum atomic E-state index is 15.0. The summed E-state index contributed by atoms with van der Waals surface area (Å²) in [6.07, 6.45) is -1.31. The molecule has 2 fully saturated rings. The third-order valence-electron chi connectivity index (χ3n) is 5.78. The van der Waals surface area contributed by atoms with Gasteiger partial charge >= 0.3 is 13.3 Å². The van der Waals surface area contributed by atoms with Gasteiger partial charge < -0.3 is 9.31 Å². The second-order valence-electron chi connectivity index (χ2n) is 8.31. The second-order valence-corrected chi connectivity index (χ2v) is 8.31. The third-order valence-corrected chi connectivity index (χ3v) is 5.78. The summed E-state index contributed by atoms with van der Waals surface area (Å²) in [5.41, 5.74) is -1.01. The molecule has 1 unspecified atom stereocenters. The molecule has 1 saturated heterocycles. The first kappa shape index (κ1) is 18.7. The van der Waals surface area contributed by atoms with Crippen LogP contribution in [0.1, 0.15) is 45.7 Å². The lowest BCUT2D eigenvalue weighted by Gasteiger charge is -2.32. The van der Waals surface area contributed by atoms with E-state index >= 15 is 4.39 Å². The Hall–Kier alpha value is -1.68. The van der Waals surface area contributed by atoms with Crippen molar-refractivity contribution in [1.82, 2.24) is 14.8 Å². The molecule has 146 valence electrons. The summed E-state index contributed by atoms with van der Waals surface area (Å²) in [5, 5.41) is 3.91. The number of fused-ring (bicyclic) bond motifs is 1. The van der Waals surface area contributed by atoms with Crippen molar-refractivity contribution in [2.75, 3.05) is 0 Å². The zero-order chi connectivity index (χ0) is 19.8. The van der Waals surface area contributed by atoms with E-state index in [9.17, 15) is 13.2 Å². The minimum Gasteiger partial charge on any atom is -0.403 e. The Balaban J connectivity index is 1.61. The second kappa shape index (κ2) is 5.67. The predicted molar refractivity (Wildman–Crippen MR) is 90.7 cm³/mol. The third kappa shape index (κ3) is 3.12. The van der Waals surface area contributed by atoms with Crippen LogP contribution in [-0.2, 0) is 15.9 Å². The van der Waals surface area contributed by atoms with Crippen LogP contribution in [0.3, 0.4) is 0 Å². The van der Waals surface area contributed by atoms with E-state index in [2.05, 4.69) is 10.1 Å². The number of nitrogens with zero attached hydrogens (tertiary/aromatic N) is 3. The molecule has 2 aliphatic rings. The van der Waals surface area contributed by atoms with Crippen molar-refractivity contribution in [2.24, 2.45) is 0 Å². The van der Waals surface area contributed by atoms with Crippen molar-refractivity contribution in [2.45, 2.75) is 69.8 Å². The highest BCUT2D eigenvalue weighted by Gasteiger charge is 2.60. The monoisotopic (exact) mass is 385 g/mol. The first-order valence-electron chi connectivity index (χ1n) is 8.82. The maximum Gasteiger partial charge on any atom is 0.461 e. The fourth-order valence-corrected chi connectivity index (χ4v) is 3.49. The molecule has 1 aliphatic carbocycles. The van der Waals surface area contributed by atoms with Gasteiger partial charge in [-0.15, -0.1) is 0 Å². The Morgan fingerprint density at radius 1 is 1.19 bits per heavy atom. The van der Waals surface area contributed by atoms with Crippen molar-refractivity contribution in [3.8, 4) is 0 Å². The van der Waals surface area contributed by atoms with Crippen LogP contribution in [0.15, 0.2) is 12.4 Å². The first-order valence-corrected chi connectivity index (χ1v) is 8.82. The van der Waals surface area contributed by atoms with E-state index in [0.29, 0.717) is 11.1 Å². The van der Waals surface area contributed by atoms with Gasteiger partial charge in [-0.1, -0.05) is 0 Å². The molecule has 0 amide bonds. The molecule has 0 radical (unpaired) electrons. The van der Waals surface area contributed by atoms with E-state index in [4.69, 9.17) is 9.31 Å². The van der Waals surface area contributed by atoms with Gasteiger partial charge in [0.15, 0.2) is 5.82 Å². The molecule has 5 nitrogen and oxygen atoms in total. The average Bonchev–Trinajstić information content (AvgIpc) is 3.14. The Kier molecular flexibility index (Phi) is 3.92. The SMILES string of the molecule is CC1(C)OB(C2C[C@@H]2c2ncc3cnn(CC(F)(F)F)c3c2F)OC1(C)C. The van der Waals surface area contributed by atoms with Crippen LogP contribution in [0.4, 0.5) is 17.6 Å². The van der Waals surface area contributed by atoms with Crippen molar-refractivity contribution in [3.05, 3.63) is 23.9 Å². The van der Waals surface area contributed by atoms with Gasteiger partial charge in [-0.2, -0.15) is 18.3 Å². The Morgan fingerprint density at radius 3 is 2.41 bits per heavy atom. The molecule has 2 aromatic heterocycles. The van der Waals surface area contributed by atoms with Crippen molar-refractivity contribution >= 4 is 18.0 Å². The quantitative estimate of drug-likeness (QED) is 0.590. The molecule has 27 heavy (non-hydrogen) atoms. The van der Waals surface area contributed by atoms with Gasteiger partial charge in [-0.25, -0.2) is 4.39 Å². The summed E-state index contributed by atoms with van der Waals surface area (Å²) in [6.45, 7) is 6.40. The minimum atomic E-state index is -4.49. The van der Waals surface area contributed by atoms with Gasteiger partial charge in [0.2, 0.25) is 0 Å². The summed E-state index contributed by atoms with van der Waals surface area (Å²) in [5.74, 6) is -1.08. The fraction of sp³-hybridized carbons (Fsp3) is 0.647. The number of halogens is 4. The molecule has 3 heterocycles. The lowest BCUT2D eigenvalue weighted by atomic mass is 9.80. The maximum absolute atomic E-state index is 15.0. The summed E-state index contributed by atoms with van der Waals surface area (Å²) in [4.78, 5) is 4.15. The minimum absolute atomic E-state index is 0.0792. The van der Waals surface area contributed by atoms with Crippen molar-refractivity contribution < 1.29 is 26.9 Å². The Bertz CT molecular complexity index is 880. The normalized spacial score (nSPS) is 26.7. The molecule has 2 aromatic rings. The number of pyridine rings is 1. The number of aromatic nitrogens is 3. The first-order chi connectivity index (χ1) is 12.4. The zero-order valence-corrected chi connectivity index (χ0v) is 15.5. The number of hydrogen-bond donors (Lipinski definition) is 0. The predicted octanol–water partition coefficient (Wildman–Crippen LogP) is 4.08. The molecular formula is C17H20BF4N3O2. The number of rotatable bonds is 3. The van der Waals surface area contributed by atoms with Gasteiger partial charge in [-0.3, -0.25) is 9.67 Å². The lowest BCUT2D eigenvalue weighted by Crippen LogP contribution is -2.41. The average molecular weight is 385 g/mol. The van der Waals surface area contributed by atoms with E-state index < -0.39 is 36.9 Å². The van der Waals surface area contributed by atoms with Gasteiger partial charge in [0.05, 0.1) is 23.1 Å². The zero-order valence-electron chi connectivity index (χ0n) is 15.5. The number of hydrogen-bond acceptors (Lipinski definition) is 4. The molecule has 0 bridgehead atoms. The van der Waals surface area contributed by atoms with Gasteiger partial charge in [0.25, 0.3) is 0 Å². The van der Waals surface area contributed by atoms with Crippen LogP contribution in [0.5, 0.6) is 0 Å². The van der Waals surface area contributed by atoms with Crippen molar-refractivity contribution in [3.63, 3.8) is 0 Å². The fourth-order valence-electron chi connectivity index (χ4n) is 3.49. The van der Waals surface area contributed by atoms with Gasteiger partial charge in [0, 0.05) is 23.3 Å². The van der Waals surface area contributed by atoms with E-state index in [-0.39, 0.29) is 28.3 Å². The smallest absolute Gasteiger partial charge is 0.403 e. The lowest BCUT2D eigenvalue weighted by molar-refractivity contribution is -0.141. The molecule has 0 aromatic carbocycles. The molecule has 1 saturated carbocycles. The molecular weight excluding hydrogens is 365 g/mol. The van der Waals surface area contributed by atoms with Crippen molar-refractivity contribution in [1.29, 1.82) is 0 Å². The van der Waals surface area contributed by atoms with E-state index in [1.165, 1.54) is 12.4 Å². The van der Waals surface area contributed by atoms with E-state index in [1.54, 1.807) is 0 Å². The summed E-state index contributed by atoms with van der Waals surface area (Å²) in [7, 11) is -0.489. The van der Waals surface area contributed by atoms with E-state index in [0.717, 1.165) is 0 Å². The highest BCUT2D eigenvalue weighted by Crippen LogP contribution is 2.58. The van der Waals surface area contributed by atoms with Crippen LogP contribution in [0.2, 0.25) is 5.82 Å². The molecule has 10 heteroatoms. The van der Waals surface area contributed by atoms with Gasteiger partial charge in [-0.05, 0) is 34.1 Å². The van der Waals surface area contributed by atoms with Crippen LogP contribution < -0.4 is 0 Å². The highest BCUT2D eigenvalue weighted by molar-refractivity contribution is 6.49. The Labute approximate surface area is 154 Å². The summed E-state index contributed by atoms with van der Waals surface area (Å²) < 4.78 is 65.9. The van der Waals surface area contributed by atoms with Crippen LogP contribution >= 0.6 is 0 Å². The van der Waals surface area contributed by atoms with Crippen LogP contribution in [0, 0.1) is 5.82 Å².